The molecule has 6 N–H and O–H groups in total. The molecule has 3 heterocycles. The second-order valence-electron chi connectivity index (χ2n) is 7.81. The van der Waals surface area contributed by atoms with E-state index in [1.54, 1.807) is 0 Å². The highest BCUT2D eigenvalue weighted by Crippen LogP contribution is 2.34. The molecule has 1 amide bonds. The van der Waals surface area contributed by atoms with Gasteiger partial charge in [0.05, 0.1) is 25.0 Å². The minimum atomic E-state index is -4.95. The second-order valence-corrected chi connectivity index (χ2v) is 9.99. The van der Waals surface area contributed by atoms with Gasteiger partial charge in [-0.25, -0.2) is 18.8 Å². The monoisotopic (exact) mass is 531 g/mol. The van der Waals surface area contributed by atoms with E-state index in [4.69, 9.17) is 16.3 Å². The molecule has 0 aromatic carbocycles. The lowest BCUT2D eigenvalue weighted by Crippen LogP contribution is -2.64. The van der Waals surface area contributed by atoms with Crippen molar-refractivity contribution in [3.63, 3.8) is 0 Å². The predicted octanol–water partition coefficient (Wildman–Crippen LogP) is -1.96. The molecule has 0 radical (unpaired) electrons. The lowest BCUT2D eigenvalue weighted by Gasteiger charge is -2.43. The topological polar surface area (TPSA) is 259 Å². The molecule has 0 bridgehead atoms. The van der Waals surface area contributed by atoms with Crippen molar-refractivity contribution in [1.29, 1.82) is 0 Å². The van der Waals surface area contributed by atoms with Crippen molar-refractivity contribution < 1.29 is 37.3 Å². The number of thiazole rings is 1. The average Bonchev–Trinajstić information content (AvgIpc) is 3.39. The number of nitrogens with two attached hydrogens (primary N) is 2. The first kappa shape index (κ1) is 26.1. The number of carboxylic acids is 1. The normalized spacial score (nSPS) is 18.9. The van der Waals surface area contributed by atoms with Crippen LogP contribution in [0.4, 0.5) is 5.13 Å². The standard InChI is InChI=1S/C16H21N9O8S2/c1-16(2,14(28)29)33-21-12(8-6-34-15(18)19-8)10(26)3-7-9(25(13(7)27)35(30,31)32)5-24-11(4-17)20-22-23-24/h6-7,9H,3-5,17H2,1-2H3,(H2,18,19)(H,28,29)(H,30,31,32)/b21-12-/t7-,9+/m0/s1. The van der Waals surface area contributed by atoms with Crippen molar-refractivity contribution in [3.8, 4) is 0 Å². The van der Waals surface area contributed by atoms with E-state index in [0.717, 1.165) is 16.0 Å². The summed E-state index contributed by atoms with van der Waals surface area (Å²) in [6.07, 6.45) is -0.581. The molecule has 1 aliphatic heterocycles. The van der Waals surface area contributed by atoms with E-state index in [0.29, 0.717) is 0 Å². The Bertz CT molecular complexity index is 1290. The lowest BCUT2D eigenvalue weighted by molar-refractivity contribution is -0.161. The van der Waals surface area contributed by atoms with Gasteiger partial charge in [-0.3, -0.25) is 14.1 Å². The van der Waals surface area contributed by atoms with Crippen LogP contribution in [0.3, 0.4) is 0 Å². The smallest absolute Gasteiger partial charge is 0.362 e. The Balaban J connectivity index is 1.90. The number of hydrogen-bond acceptors (Lipinski definition) is 14. The Hall–Kier alpha value is -3.55. The SMILES string of the molecule is CC(C)(O/N=C(\C(=O)C[C@@H]1C(=O)N(S(=O)(=O)O)[C@@H]1Cn1nnnc1CN)c1csc(N)n1)C(=O)O. The number of rotatable bonds is 11. The van der Waals surface area contributed by atoms with Crippen molar-refractivity contribution in [3.05, 3.63) is 16.9 Å². The second kappa shape index (κ2) is 9.60. The number of hydrogen-bond donors (Lipinski definition) is 4. The van der Waals surface area contributed by atoms with Gasteiger partial charge in [-0.15, -0.1) is 16.4 Å². The minimum absolute atomic E-state index is 0.0282. The van der Waals surface area contributed by atoms with Gasteiger partial charge >= 0.3 is 16.3 Å². The maximum Gasteiger partial charge on any atom is 0.362 e. The van der Waals surface area contributed by atoms with Gasteiger partial charge in [-0.05, 0) is 24.3 Å². The molecule has 1 aliphatic rings. The molecule has 2 atom stereocenters. The molecule has 2 aromatic rings. The number of aliphatic carboxylic acids is 1. The van der Waals surface area contributed by atoms with Crippen LogP contribution in [-0.2, 0) is 42.6 Å². The number of tetrazole rings is 1. The first-order valence-electron chi connectivity index (χ1n) is 9.76. The van der Waals surface area contributed by atoms with Gasteiger partial charge in [0.25, 0.3) is 0 Å². The van der Waals surface area contributed by atoms with Gasteiger partial charge in [0.2, 0.25) is 11.5 Å². The van der Waals surface area contributed by atoms with E-state index < -0.39 is 57.7 Å². The summed E-state index contributed by atoms with van der Waals surface area (Å²) in [5.41, 5.74) is 8.90. The lowest BCUT2D eigenvalue weighted by atomic mass is 9.84. The maximum atomic E-state index is 13.1. The summed E-state index contributed by atoms with van der Waals surface area (Å²) in [4.78, 5) is 46.0. The molecule has 0 saturated carbocycles. The Morgan fingerprint density at radius 3 is 2.60 bits per heavy atom. The van der Waals surface area contributed by atoms with Crippen LogP contribution < -0.4 is 11.5 Å². The quantitative estimate of drug-likeness (QED) is 0.106. The molecule has 0 spiro atoms. The number of anilines is 1. The summed E-state index contributed by atoms with van der Waals surface area (Å²) < 4.78 is 34.3. The van der Waals surface area contributed by atoms with Crippen molar-refractivity contribution in [2.75, 3.05) is 5.73 Å². The number of nitrogen functional groups attached to an aromatic ring is 1. The van der Waals surface area contributed by atoms with Crippen LogP contribution in [0.1, 0.15) is 31.8 Å². The maximum absolute atomic E-state index is 13.1. The number of Topliss-reactive ketones (excluding diaryl/α,β-unsaturated/α-hetero) is 1. The number of carboxylic acid groups (broad SMARTS) is 1. The van der Waals surface area contributed by atoms with Gasteiger partial charge in [-0.2, -0.15) is 8.42 Å². The molecular formula is C16H21N9O8S2. The zero-order valence-electron chi connectivity index (χ0n) is 18.3. The van der Waals surface area contributed by atoms with E-state index in [1.165, 1.54) is 19.2 Å². The molecule has 17 nitrogen and oxygen atoms in total. The average molecular weight is 532 g/mol. The number of carbonyl (C=O) groups excluding carboxylic acids is 2. The summed E-state index contributed by atoms with van der Waals surface area (Å²) in [5, 5.41) is 25.1. The third-order valence-electron chi connectivity index (χ3n) is 5.01. The molecule has 1 saturated heterocycles. The minimum Gasteiger partial charge on any atom is -0.478 e. The molecule has 35 heavy (non-hydrogen) atoms. The third kappa shape index (κ3) is 5.42. The van der Waals surface area contributed by atoms with Gasteiger partial charge in [0.15, 0.2) is 22.5 Å². The van der Waals surface area contributed by atoms with Crippen LogP contribution in [0.5, 0.6) is 0 Å². The summed E-state index contributed by atoms with van der Waals surface area (Å²) in [5.74, 6) is -4.27. The molecule has 190 valence electrons. The van der Waals surface area contributed by atoms with Gasteiger partial charge in [0, 0.05) is 11.8 Å². The largest absolute Gasteiger partial charge is 0.478 e. The first-order valence-corrected chi connectivity index (χ1v) is 12.0. The predicted molar refractivity (Wildman–Crippen MR) is 117 cm³/mol. The Labute approximate surface area is 201 Å². The van der Waals surface area contributed by atoms with Gasteiger partial charge < -0.3 is 21.4 Å². The first-order chi connectivity index (χ1) is 16.3. The molecular weight excluding hydrogens is 510 g/mol. The van der Waals surface area contributed by atoms with E-state index in [1.807, 2.05) is 0 Å². The number of oxime groups is 1. The molecule has 19 heteroatoms. The zero-order chi connectivity index (χ0) is 26.1. The van der Waals surface area contributed by atoms with E-state index >= 15 is 0 Å². The van der Waals surface area contributed by atoms with E-state index in [-0.39, 0.29) is 34.0 Å². The Morgan fingerprint density at radius 1 is 1.37 bits per heavy atom. The highest BCUT2D eigenvalue weighted by molar-refractivity contribution is 7.84. The van der Waals surface area contributed by atoms with Crippen LogP contribution in [0, 0.1) is 5.92 Å². The van der Waals surface area contributed by atoms with Crippen LogP contribution in [0.25, 0.3) is 0 Å². The van der Waals surface area contributed by atoms with Crippen LogP contribution in [-0.4, -0.2) is 82.6 Å². The van der Waals surface area contributed by atoms with Gasteiger partial charge in [0.1, 0.15) is 5.69 Å². The number of nitrogens with zero attached hydrogens (tertiary/aromatic N) is 7. The summed E-state index contributed by atoms with van der Waals surface area (Å²) in [6, 6.07) is -1.23. The Morgan fingerprint density at radius 2 is 2.06 bits per heavy atom. The van der Waals surface area contributed by atoms with Crippen LogP contribution in [0.15, 0.2) is 10.5 Å². The fourth-order valence-electron chi connectivity index (χ4n) is 3.10. The molecule has 3 rings (SSSR count). The zero-order valence-corrected chi connectivity index (χ0v) is 19.9. The van der Waals surface area contributed by atoms with E-state index in [2.05, 4.69) is 25.7 Å². The van der Waals surface area contributed by atoms with Gasteiger partial charge in [-0.1, -0.05) is 5.16 Å². The van der Waals surface area contributed by atoms with Crippen LogP contribution >= 0.6 is 11.3 Å². The fourth-order valence-corrected chi connectivity index (χ4v) is 4.57. The van der Waals surface area contributed by atoms with Crippen molar-refractivity contribution in [1.82, 2.24) is 29.5 Å². The highest BCUT2D eigenvalue weighted by Gasteiger charge is 2.54. The summed E-state index contributed by atoms with van der Waals surface area (Å²) in [6.45, 7) is 2.02. The number of carbonyl (C=O) groups is 3. The molecule has 0 unspecified atom stereocenters. The molecule has 2 aromatic heterocycles. The van der Waals surface area contributed by atoms with Crippen molar-refractivity contribution in [2.24, 2.45) is 16.8 Å². The molecule has 0 aliphatic carbocycles. The number of ketones is 1. The fraction of sp³-hybridized carbons (Fsp3) is 0.500. The number of amides is 1. The third-order valence-corrected chi connectivity index (χ3v) is 6.63. The number of β-lactam (4-membered cyclic amide) rings is 1. The Kier molecular flexibility index (Phi) is 7.15. The van der Waals surface area contributed by atoms with Crippen molar-refractivity contribution in [2.45, 2.75) is 45.0 Å². The summed E-state index contributed by atoms with van der Waals surface area (Å²) >= 11 is 0.977. The molecule has 1 fully saturated rings. The highest BCUT2D eigenvalue weighted by atomic mass is 32.2. The van der Waals surface area contributed by atoms with E-state index in [9.17, 15) is 32.5 Å². The van der Waals surface area contributed by atoms with Crippen LogP contribution in [0.2, 0.25) is 0 Å². The number of aromatic nitrogens is 5. The summed E-state index contributed by atoms with van der Waals surface area (Å²) in [7, 11) is -4.95. The van der Waals surface area contributed by atoms with Crippen molar-refractivity contribution >= 4 is 50.1 Å².